The van der Waals surface area contributed by atoms with Crippen molar-refractivity contribution in [2.75, 3.05) is 0 Å². The van der Waals surface area contributed by atoms with Crippen molar-refractivity contribution in [2.24, 2.45) is 5.92 Å². The molecule has 3 rings (SSSR count). The fourth-order valence-corrected chi connectivity index (χ4v) is 2.89. The Morgan fingerprint density at radius 3 is 3.06 bits per heavy atom. The van der Waals surface area contributed by atoms with Crippen LogP contribution in [0.2, 0.25) is 0 Å². The molecule has 1 N–H and O–H groups in total. The highest BCUT2D eigenvalue weighted by molar-refractivity contribution is 5.37. The van der Waals surface area contributed by atoms with Gasteiger partial charge in [0.2, 0.25) is 0 Å². The van der Waals surface area contributed by atoms with Crippen LogP contribution in [0.15, 0.2) is 23.1 Å². The number of fused-ring (bicyclic) bond motifs is 1. The Morgan fingerprint density at radius 1 is 1.41 bits per heavy atom. The first-order valence-electron chi connectivity index (χ1n) is 6.33. The van der Waals surface area contributed by atoms with Crippen molar-refractivity contribution in [3.63, 3.8) is 0 Å². The molecule has 0 aliphatic heterocycles. The minimum Gasteiger partial charge on any atom is -0.297 e. The first-order chi connectivity index (χ1) is 8.25. The highest BCUT2D eigenvalue weighted by Crippen LogP contribution is 2.36. The first kappa shape index (κ1) is 10.6. The summed E-state index contributed by atoms with van der Waals surface area (Å²) in [5, 5.41) is 2.87. The lowest BCUT2D eigenvalue weighted by atomic mass is 9.78. The summed E-state index contributed by atoms with van der Waals surface area (Å²) in [6.45, 7) is 2.27. The summed E-state index contributed by atoms with van der Waals surface area (Å²) in [6.07, 6.45) is 6.72. The van der Waals surface area contributed by atoms with Gasteiger partial charge in [-0.15, -0.1) is 0 Å². The van der Waals surface area contributed by atoms with Gasteiger partial charge in [0.1, 0.15) is 0 Å². The molecule has 4 nitrogen and oxygen atoms in total. The summed E-state index contributed by atoms with van der Waals surface area (Å²) in [7, 11) is 0. The Balaban J connectivity index is 2.07. The van der Waals surface area contributed by atoms with Gasteiger partial charge in [-0.05, 0) is 12.3 Å². The van der Waals surface area contributed by atoms with Gasteiger partial charge >= 0.3 is 0 Å². The van der Waals surface area contributed by atoms with Crippen LogP contribution in [-0.4, -0.2) is 14.6 Å². The van der Waals surface area contributed by atoms with Gasteiger partial charge in [0.25, 0.3) is 5.56 Å². The molecule has 0 unspecified atom stereocenters. The highest BCUT2D eigenvalue weighted by atomic mass is 16.1. The zero-order valence-corrected chi connectivity index (χ0v) is 10.0. The third-order valence-electron chi connectivity index (χ3n) is 3.89. The molecule has 90 valence electrons. The van der Waals surface area contributed by atoms with E-state index in [1.165, 1.54) is 23.8 Å². The summed E-state index contributed by atoms with van der Waals surface area (Å²) in [4.78, 5) is 16.5. The largest absolute Gasteiger partial charge is 0.297 e. The molecule has 0 aromatic carbocycles. The van der Waals surface area contributed by atoms with Gasteiger partial charge in [-0.25, -0.2) is 9.50 Å². The fourth-order valence-electron chi connectivity index (χ4n) is 2.89. The molecule has 2 aromatic rings. The number of nitrogens with zero attached hydrogens (tertiary/aromatic N) is 2. The topological polar surface area (TPSA) is 50.2 Å². The normalized spacial score (nSPS) is 25.2. The zero-order valence-electron chi connectivity index (χ0n) is 10.0. The second kappa shape index (κ2) is 4.02. The van der Waals surface area contributed by atoms with E-state index >= 15 is 0 Å². The average Bonchev–Trinajstić information content (AvgIpc) is 2.78. The molecule has 1 fully saturated rings. The lowest BCUT2D eigenvalue weighted by Gasteiger charge is -2.28. The summed E-state index contributed by atoms with van der Waals surface area (Å²) in [6, 6.07) is 3.54. The fraction of sp³-hybridized carbons (Fsp3) is 0.538. The molecule has 0 spiro atoms. The van der Waals surface area contributed by atoms with Crippen LogP contribution in [0.4, 0.5) is 0 Å². The Kier molecular flexibility index (Phi) is 2.50. The molecule has 17 heavy (non-hydrogen) atoms. The molecule has 2 atom stereocenters. The van der Waals surface area contributed by atoms with E-state index in [1.807, 2.05) is 6.07 Å². The third-order valence-corrected chi connectivity index (χ3v) is 3.89. The van der Waals surface area contributed by atoms with Crippen molar-refractivity contribution in [3.05, 3.63) is 34.4 Å². The van der Waals surface area contributed by atoms with E-state index in [1.54, 1.807) is 12.3 Å². The minimum absolute atomic E-state index is 0.00669. The Hall–Kier alpha value is -1.58. The van der Waals surface area contributed by atoms with E-state index in [4.69, 9.17) is 0 Å². The number of hydrogen-bond donors (Lipinski definition) is 1. The van der Waals surface area contributed by atoms with Crippen LogP contribution in [0.3, 0.4) is 0 Å². The van der Waals surface area contributed by atoms with Gasteiger partial charge in [0, 0.05) is 24.2 Å². The van der Waals surface area contributed by atoms with E-state index in [0.717, 1.165) is 17.8 Å². The predicted octanol–water partition coefficient (Wildman–Crippen LogP) is 2.32. The number of nitrogens with one attached hydrogen (secondary N) is 1. The lowest BCUT2D eigenvalue weighted by Crippen LogP contribution is -2.21. The van der Waals surface area contributed by atoms with Crippen molar-refractivity contribution >= 4 is 5.65 Å². The average molecular weight is 231 g/mol. The Bertz CT molecular complexity index is 584. The van der Waals surface area contributed by atoms with Gasteiger partial charge in [0.05, 0.1) is 5.69 Å². The molecule has 0 radical (unpaired) electrons. The van der Waals surface area contributed by atoms with E-state index < -0.39 is 0 Å². The molecule has 1 aliphatic carbocycles. The smallest absolute Gasteiger partial charge is 0.272 e. The summed E-state index contributed by atoms with van der Waals surface area (Å²) < 4.78 is 1.48. The number of H-pyrrole nitrogens is 1. The lowest BCUT2D eigenvalue weighted by molar-refractivity contribution is 0.325. The van der Waals surface area contributed by atoms with Crippen LogP contribution in [-0.2, 0) is 0 Å². The van der Waals surface area contributed by atoms with Crippen molar-refractivity contribution < 1.29 is 0 Å². The van der Waals surface area contributed by atoms with E-state index in [2.05, 4.69) is 17.0 Å². The predicted molar refractivity (Wildman–Crippen MR) is 66.2 cm³/mol. The van der Waals surface area contributed by atoms with E-state index in [0.29, 0.717) is 11.8 Å². The standard InChI is InChI=1S/C13H17N3O/c1-9-4-2-3-5-10(9)11-8-13(17)16-12(15-11)6-7-14-16/h6-10,14H,2-5H2,1H3/t9-,10-/m1/s1. The highest BCUT2D eigenvalue weighted by Gasteiger charge is 2.24. The monoisotopic (exact) mass is 231 g/mol. The quantitative estimate of drug-likeness (QED) is 0.818. The molecule has 2 heterocycles. The molecule has 4 heteroatoms. The summed E-state index contributed by atoms with van der Waals surface area (Å²) in [5.41, 5.74) is 1.69. The van der Waals surface area contributed by atoms with Gasteiger partial charge in [0.15, 0.2) is 5.65 Å². The zero-order chi connectivity index (χ0) is 11.8. The van der Waals surface area contributed by atoms with Crippen LogP contribution in [0.1, 0.15) is 44.2 Å². The maximum Gasteiger partial charge on any atom is 0.272 e. The van der Waals surface area contributed by atoms with Crippen LogP contribution in [0.25, 0.3) is 5.65 Å². The van der Waals surface area contributed by atoms with E-state index in [9.17, 15) is 4.79 Å². The second-order valence-electron chi connectivity index (χ2n) is 5.04. The van der Waals surface area contributed by atoms with Gasteiger partial charge in [-0.2, -0.15) is 0 Å². The van der Waals surface area contributed by atoms with Crippen LogP contribution < -0.4 is 5.56 Å². The molecular weight excluding hydrogens is 214 g/mol. The van der Waals surface area contributed by atoms with Crippen LogP contribution in [0.5, 0.6) is 0 Å². The summed E-state index contributed by atoms with van der Waals surface area (Å²) in [5.74, 6) is 1.09. The maximum atomic E-state index is 11.9. The second-order valence-corrected chi connectivity index (χ2v) is 5.04. The van der Waals surface area contributed by atoms with Gasteiger partial charge in [-0.3, -0.25) is 9.89 Å². The molecule has 1 aliphatic rings. The third kappa shape index (κ3) is 1.77. The number of aromatic amines is 1. The SMILES string of the molecule is C[C@@H]1CCCC[C@H]1c1cc(=O)n2[nH]ccc2n1. The van der Waals surface area contributed by atoms with Crippen molar-refractivity contribution in [2.45, 2.75) is 38.5 Å². The molecular formula is C13H17N3O. The number of aromatic nitrogens is 3. The number of rotatable bonds is 1. The molecule has 1 saturated carbocycles. The maximum absolute atomic E-state index is 11.9. The van der Waals surface area contributed by atoms with Crippen molar-refractivity contribution in [1.29, 1.82) is 0 Å². The van der Waals surface area contributed by atoms with Crippen LogP contribution >= 0.6 is 0 Å². The Labute approximate surface area is 99.7 Å². The Morgan fingerprint density at radius 2 is 2.24 bits per heavy atom. The number of hydrogen-bond acceptors (Lipinski definition) is 2. The summed E-state index contributed by atoms with van der Waals surface area (Å²) >= 11 is 0. The first-order valence-corrected chi connectivity index (χ1v) is 6.33. The molecule has 0 amide bonds. The molecule has 0 bridgehead atoms. The van der Waals surface area contributed by atoms with Gasteiger partial charge < -0.3 is 0 Å². The van der Waals surface area contributed by atoms with Crippen molar-refractivity contribution in [3.8, 4) is 0 Å². The molecule has 0 saturated heterocycles. The minimum atomic E-state index is -0.00669. The van der Waals surface area contributed by atoms with E-state index in [-0.39, 0.29) is 5.56 Å². The van der Waals surface area contributed by atoms with Crippen LogP contribution in [0, 0.1) is 5.92 Å². The van der Waals surface area contributed by atoms with Crippen molar-refractivity contribution in [1.82, 2.24) is 14.6 Å². The molecule has 2 aromatic heterocycles. The van der Waals surface area contributed by atoms with Gasteiger partial charge in [-0.1, -0.05) is 26.2 Å².